The number of ether oxygens (including phenoxy) is 1. The van der Waals surface area contributed by atoms with Gasteiger partial charge in [0.05, 0.1) is 12.8 Å². The summed E-state index contributed by atoms with van der Waals surface area (Å²) in [5.41, 5.74) is 2.19. The standard InChI is InChI=1S/C11H12BrF3N2O2/c1-10(16,11(13,14)15)9(18)17-8-5-6(19-2)3-4-7(8)12/h3-5H,16H2,1-2H3,(H,17,18). The lowest BCUT2D eigenvalue weighted by atomic mass is 10.0. The highest BCUT2D eigenvalue weighted by molar-refractivity contribution is 9.10. The Kier molecular flexibility index (Phi) is 4.46. The van der Waals surface area contributed by atoms with E-state index in [2.05, 4.69) is 21.2 Å². The van der Waals surface area contributed by atoms with Crippen molar-refractivity contribution in [3.05, 3.63) is 22.7 Å². The molecule has 4 nitrogen and oxygen atoms in total. The van der Waals surface area contributed by atoms with Gasteiger partial charge in [0, 0.05) is 10.5 Å². The Morgan fingerprint density at radius 1 is 1.42 bits per heavy atom. The number of methoxy groups -OCH3 is 1. The van der Waals surface area contributed by atoms with Gasteiger partial charge in [-0.15, -0.1) is 0 Å². The zero-order chi connectivity index (χ0) is 14.8. The Morgan fingerprint density at radius 3 is 2.47 bits per heavy atom. The molecule has 0 radical (unpaired) electrons. The summed E-state index contributed by atoms with van der Waals surface area (Å²) >= 11 is 3.11. The molecular formula is C11H12BrF3N2O2. The number of hydrogen-bond acceptors (Lipinski definition) is 3. The van der Waals surface area contributed by atoms with Crippen molar-refractivity contribution in [2.45, 2.75) is 18.6 Å². The number of carbonyl (C=O) groups excluding carboxylic acids is 1. The first-order valence-corrected chi connectivity index (χ1v) is 5.89. The van der Waals surface area contributed by atoms with E-state index >= 15 is 0 Å². The number of halogens is 4. The summed E-state index contributed by atoms with van der Waals surface area (Å²) in [7, 11) is 1.40. The average Bonchev–Trinajstić information content (AvgIpc) is 2.30. The molecule has 0 aliphatic carbocycles. The highest BCUT2D eigenvalue weighted by atomic mass is 79.9. The molecule has 0 bridgehead atoms. The molecule has 106 valence electrons. The van der Waals surface area contributed by atoms with Gasteiger partial charge in [0.1, 0.15) is 5.75 Å². The second-order valence-electron chi connectivity index (χ2n) is 4.00. The predicted molar refractivity (Wildman–Crippen MR) is 68.0 cm³/mol. The van der Waals surface area contributed by atoms with Crippen LogP contribution >= 0.6 is 15.9 Å². The van der Waals surface area contributed by atoms with E-state index in [0.29, 0.717) is 17.1 Å². The minimum absolute atomic E-state index is 0.144. The van der Waals surface area contributed by atoms with E-state index < -0.39 is 17.6 Å². The van der Waals surface area contributed by atoms with Gasteiger partial charge in [-0.05, 0) is 35.0 Å². The Hall–Kier alpha value is -1.28. The maximum absolute atomic E-state index is 12.6. The molecule has 1 atom stereocenters. The number of nitrogens with one attached hydrogen (secondary N) is 1. The summed E-state index contributed by atoms with van der Waals surface area (Å²) in [6.45, 7) is 0.608. The highest BCUT2D eigenvalue weighted by Crippen LogP contribution is 2.31. The number of carbonyl (C=O) groups is 1. The molecule has 0 spiro atoms. The molecule has 0 saturated heterocycles. The molecule has 0 aliphatic heterocycles. The summed E-state index contributed by atoms with van der Waals surface area (Å²) in [5, 5.41) is 2.12. The van der Waals surface area contributed by atoms with Crippen molar-refractivity contribution in [2.24, 2.45) is 5.73 Å². The third-order valence-corrected chi connectivity index (χ3v) is 3.17. The van der Waals surface area contributed by atoms with Crippen LogP contribution in [0.25, 0.3) is 0 Å². The number of nitrogens with two attached hydrogens (primary N) is 1. The monoisotopic (exact) mass is 340 g/mol. The van der Waals surface area contributed by atoms with Crippen LogP contribution in [-0.2, 0) is 4.79 Å². The molecule has 0 saturated carbocycles. The largest absolute Gasteiger partial charge is 0.497 e. The number of amides is 1. The van der Waals surface area contributed by atoms with Crippen LogP contribution in [-0.4, -0.2) is 24.7 Å². The first-order valence-electron chi connectivity index (χ1n) is 5.10. The van der Waals surface area contributed by atoms with Crippen molar-refractivity contribution in [1.82, 2.24) is 0 Å². The quantitative estimate of drug-likeness (QED) is 0.889. The average molecular weight is 341 g/mol. The van der Waals surface area contributed by atoms with Crippen LogP contribution in [0.1, 0.15) is 6.92 Å². The normalized spacial score (nSPS) is 14.7. The lowest BCUT2D eigenvalue weighted by Crippen LogP contribution is -2.59. The van der Waals surface area contributed by atoms with Crippen LogP contribution < -0.4 is 15.8 Å². The van der Waals surface area contributed by atoms with Gasteiger partial charge in [0.25, 0.3) is 5.91 Å². The fourth-order valence-electron chi connectivity index (χ4n) is 1.11. The Bertz CT molecular complexity index is 489. The SMILES string of the molecule is COc1ccc(Br)c(NC(=O)C(C)(N)C(F)(F)F)c1. The summed E-state index contributed by atoms with van der Waals surface area (Å²) in [6.07, 6.45) is -4.84. The van der Waals surface area contributed by atoms with Gasteiger partial charge in [0.15, 0.2) is 5.54 Å². The topological polar surface area (TPSA) is 64.3 Å². The van der Waals surface area contributed by atoms with E-state index in [1.807, 2.05) is 0 Å². The van der Waals surface area contributed by atoms with E-state index in [4.69, 9.17) is 10.5 Å². The molecule has 1 aromatic carbocycles. The van der Waals surface area contributed by atoms with Gasteiger partial charge in [-0.1, -0.05) is 0 Å². The van der Waals surface area contributed by atoms with Crippen LogP contribution in [0.3, 0.4) is 0 Å². The van der Waals surface area contributed by atoms with E-state index in [1.165, 1.54) is 19.2 Å². The second-order valence-corrected chi connectivity index (χ2v) is 4.85. The van der Waals surface area contributed by atoms with E-state index in [-0.39, 0.29) is 5.69 Å². The van der Waals surface area contributed by atoms with Crippen LogP contribution in [0.4, 0.5) is 18.9 Å². The zero-order valence-corrected chi connectivity index (χ0v) is 11.7. The van der Waals surface area contributed by atoms with Crippen molar-refractivity contribution < 1.29 is 22.7 Å². The zero-order valence-electron chi connectivity index (χ0n) is 10.1. The smallest absolute Gasteiger partial charge is 0.415 e. The Morgan fingerprint density at radius 2 is 2.00 bits per heavy atom. The minimum atomic E-state index is -4.84. The van der Waals surface area contributed by atoms with Crippen molar-refractivity contribution in [1.29, 1.82) is 0 Å². The number of rotatable bonds is 3. The summed E-state index contributed by atoms with van der Waals surface area (Å²) < 4.78 is 43.2. The second kappa shape index (κ2) is 5.38. The molecular weight excluding hydrogens is 329 g/mol. The molecule has 1 unspecified atom stereocenters. The number of anilines is 1. The third-order valence-electron chi connectivity index (χ3n) is 2.48. The summed E-state index contributed by atoms with van der Waals surface area (Å²) in [5.74, 6) is -0.960. The van der Waals surface area contributed by atoms with Gasteiger partial charge in [0.2, 0.25) is 0 Å². The maximum atomic E-state index is 12.6. The fraction of sp³-hybridized carbons (Fsp3) is 0.364. The minimum Gasteiger partial charge on any atom is -0.497 e. The molecule has 8 heteroatoms. The molecule has 0 fully saturated rings. The van der Waals surface area contributed by atoms with Crippen LogP contribution in [0, 0.1) is 0 Å². The van der Waals surface area contributed by atoms with Crippen molar-refractivity contribution >= 4 is 27.5 Å². The molecule has 0 heterocycles. The van der Waals surface area contributed by atoms with Crippen molar-refractivity contribution in [2.75, 3.05) is 12.4 Å². The molecule has 19 heavy (non-hydrogen) atoms. The van der Waals surface area contributed by atoms with Gasteiger partial charge in [-0.2, -0.15) is 13.2 Å². The van der Waals surface area contributed by atoms with E-state index in [9.17, 15) is 18.0 Å². The summed E-state index contributed by atoms with van der Waals surface area (Å²) in [4.78, 5) is 11.6. The third kappa shape index (κ3) is 3.38. The number of benzene rings is 1. The lowest BCUT2D eigenvalue weighted by Gasteiger charge is -2.26. The lowest BCUT2D eigenvalue weighted by molar-refractivity contribution is -0.184. The number of hydrogen-bond donors (Lipinski definition) is 2. The fourth-order valence-corrected chi connectivity index (χ4v) is 1.45. The van der Waals surface area contributed by atoms with Gasteiger partial charge >= 0.3 is 6.18 Å². The molecule has 0 aliphatic rings. The molecule has 3 N–H and O–H groups in total. The van der Waals surface area contributed by atoms with Gasteiger partial charge in [-0.3, -0.25) is 4.79 Å². The van der Waals surface area contributed by atoms with Gasteiger partial charge < -0.3 is 15.8 Å². The summed E-state index contributed by atoms with van der Waals surface area (Å²) in [6, 6.07) is 4.51. The maximum Gasteiger partial charge on any atom is 0.415 e. The highest BCUT2D eigenvalue weighted by Gasteiger charge is 2.54. The van der Waals surface area contributed by atoms with E-state index in [1.54, 1.807) is 6.07 Å². The van der Waals surface area contributed by atoms with Gasteiger partial charge in [-0.25, -0.2) is 0 Å². The van der Waals surface area contributed by atoms with Crippen molar-refractivity contribution in [3.8, 4) is 5.75 Å². The molecule has 1 aromatic rings. The Balaban J connectivity index is 3.00. The molecule has 0 aromatic heterocycles. The predicted octanol–water partition coefficient (Wildman–Crippen LogP) is 2.68. The first-order chi connectivity index (χ1) is 8.59. The molecule has 1 rings (SSSR count). The van der Waals surface area contributed by atoms with E-state index in [0.717, 1.165) is 0 Å². The Labute approximate surface area is 116 Å². The van der Waals surface area contributed by atoms with Crippen LogP contribution in [0.2, 0.25) is 0 Å². The number of alkyl halides is 3. The van der Waals surface area contributed by atoms with Crippen LogP contribution in [0.15, 0.2) is 22.7 Å². The first kappa shape index (κ1) is 15.8. The molecule has 1 amide bonds. The van der Waals surface area contributed by atoms with Crippen LogP contribution in [0.5, 0.6) is 5.75 Å². The van der Waals surface area contributed by atoms with Crippen molar-refractivity contribution in [3.63, 3.8) is 0 Å².